The van der Waals surface area contributed by atoms with Crippen molar-refractivity contribution < 1.29 is 23.8 Å². The number of hydrogen-bond donors (Lipinski definition) is 0. The molecule has 0 aliphatic heterocycles. The molecule has 1 heterocycles. The monoisotopic (exact) mass is 361 g/mol. The molecule has 0 N–H and O–H groups in total. The van der Waals surface area contributed by atoms with E-state index in [1.807, 2.05) is 6.92 Å². The number of Topliss-reactive ketones (excluding diaryl/α,β-unsaturated/α-hetero) is 1. The lowest BCUT2D eigenvalue weighted by molar-refractivity contribution is -0.145. The molecule has 0 atom stereocenters. The lowest BCUT2D eigenvalue weighted by Gasteiger charge is -2.11. The summed E-state index contributed by atoms with van der Waals surface area (Å²) >= 11 is 0. The second-order valence-electron chi connectivity index (χ2n) is 5.54. The summed E-state index contributed by atoms with van der Waals surface area (Å²) in [6.45, 7) is 5.07. The molecule has 7 nitrogen and oxygen atoms in total. The Morgan fingerprint density at radius 2 is 1.88 bits per heavy atom. The fourth-order valence-electron chi connectivity index (χ4n) is 2.48. The van der Waals surface area contributed by atoms with Gasteiger partial charge in [0, 0.05) is 24.7 Å². The number of nitrogens with zero attached hydrogens (tertiary/aromatic N) is 1. The molecule has 0 saturated carbocycles. The van der Waals surface area contributed by atoms with E-state index in [1.165, 1.54) is 0 Å². The van der Waals surface area contributed by atoms with Gasteiger partial charge in [0.05, 0.1) is 18.6 Å². The molecule has 0 unspecified atom stereocenters. The van der Waals surface area contributed by atoms with E-state index >= 15 is 0 Å². The summed E-state index contributed by atoms with van der Waals surface area (Å²) in [4.78, 5) is 35.7. The molecular weight excluding hydrogens is 338 g/mol. The normalized spacial score (nSPS) is 10.7. The molecule has 0 saturated heterocycles. The van der Waals surface area contributed by atoms with E-state index in [1.54, 1.807) is 42.0 Å². The Kier molecular flexibility index (Phi) is 7.35. The van der Waals surface area contributed by atoms with Gasteiger partial charge in [0.15, 0.2) is 5.78 Å². The number of ketones is 1. The van der Waals surface area contributed by atoms with Crippen LogP contribution in [-0.2, 0) is 25.6 Å². The standard InChI is InChI=1S/C19H23NO6/c1-3-24-11-10-20-9-8-15-16(19(20)23)6-5-7-17(15)26-13-14(21)12-18(22)25-4-2/h5-9H,3-4,10-13H2,1-2H3. The van der Waals surface area contributed by atoms with Crippen molar-refractivity contribution in [1.29, 1.82) is 0 Å². The van der Waals surface area contributed by atoms with Crippen LogP contribution in [0.15, 0.2) is 35.3 Å². The van der Waals surface area contributed by atoms with Gasteiger partial charge in [-0.2, -0.15) is 0 Å². The predicted molar refractivity (Wildman–Crippen MR) is 96.5 cm³/mol. The first-order valence-corrected chi connectivity index (χ1v) is 8.56. The Morgan fingerprint density at radius 3 is 2.62 bits per heavy atom. The van der Waals surface area contributed by atoms with Gasteiger partial charge in [0.2, 0.25) is 0 Å². The van der Waals surface area contributed by atoms with Crippen LogP contribution < -0.4 is 10.3 Å². The summed E-state index contributed by atoms with van der Waals surface area (Å²) in [5.74, 6) is -0.532. The first-order valence-electron chi connectivity index (χ1n) is 8.56. The van der Waals surface area contributed by atoms with Crippen LogP contribution in [0, 0.1) is 0 Å². The molecule has 1 aromatic heterocycles. The summed E-state index contributed by atoms with van der Waals surface area (Å²) in [5.41, 5.74) is -0.148. The van der Waals surface area contributed by atoms with Crippen LogP contribution in [0.2, 0.25) is 0 Å². The maximum Gasteiger partial charge on any atom is 0.313 e. The zero-order chi connectivity index (χ0) is 18.9. The minimum absolute atomic E-state index is 0.148. The van der Waals surface area contributed by atoms with Crippen molar-refractivity contribution >= 4 is 22.5 Å². The van der Waals surface area contributed by atoms with Crippen molar-refractivity contribution in [3.63, 3.8) is 0 Å². The number of carbonyl (C=O) groups excluding carboxylic acids is 2. The van der Waals surface area contributed by atoms with Crippen molar-refractivity contribution in [3.8, 4) is 5.75 Å². The molecule has 2 rings (SSSR count). The van der Waals surface area contributed by atoms with Crippen LogP contribution in [-0.4, -0.2) is 42.7 Å². The Bertz CT molecular complexity index is 826. The third-order valence-corrected chi connectivity index (χ3v) is 3.69. The van der Waals surface area contributed by atoms with Crippen LogP contribution in [0.4, 0.5) is 0 Å². The number of benzene rings is 1. The zero-order valence-electron chi connectivity index (χ0n) is 15.0. The molecule has 0 radical (unpaired) electrons. The highest BCUT2D eigenvalue weighted by Crippen LogP contribution is 2.23. The number of hydrogen-bond acceptors (Lipinski definition) is 6. The number of pyridine rings is 1. The summed E-state index contributed by atoms with van der Waals surface area (Å²) in [7, 11) is 0. The van der Waals surface area contributed by atoms with Gasteiger partial charge < -0.3 is 18.8 Å². The van der Waals surface area contributed by atoms with E-state index in [4.69, 9.17) is 14.2 Å². The number of aromatic nitrogens is 1. The largest absolute Gasteiger partial charge is 0.485 e. The maximum absolute atomic E-state index is 12.6. The SMILES string of the molecule is CCOCCn1ccc2c(OCC(=O)CC(=O)OCC)cccc2c1=O. The summed E-state index contributed by atoms with van der Waals surface area (Å²) in [5, 5.41) is 1.12. The van der Waals surface area contributed by atoms with Crippen LogP contribution in [0.1, 0.15) is 20.3 Å². The van der Waals surface area contributed by atoms with Crippen molar-refractivity contribution in [2.75, 3.05) is 26.4 Å². The molecule has 1 aromatic carbocycles. The van der Waals surface area contributed by atoms with Gasteiger partial charge in [0.25, 0.3) is 5.56 Å². The minimum Gasteiger partial charge on any atom is -0.485 e. The first kappa shape index (κ1) is 19.7. The van der Waals surface area contributed by atoms with Crippen molar-refractivity contribution in [2.45, 2.75) is 26.8 Å². The number of rotatable bonds is 10. The predicted octanol–water partition coefficient (Wildman–Crippen LogP) is 1.94. The summed E-state index contributed by atoms with van der Waals surface area (Å²) < 4.78 is 17.1. The van der Waals surface area contributed by atoms with E-state index in [0.29, 0.717) is 36.3 Å². The van der Waals surface area contributed by atoms with Gasteiger partial charge in [-0.3, -0.25) is 14.4 Å². The Balaban J connectivity index is 2.11. The summed E-state index contributed by atoms with van der Waals surface area (Å²) in [6, 6.07) is 6.86. The molecule has 0 bridgehead atoms. The van der Waals surface area contributed by atoms with Crippen molar-refractivity contribution in [1.82, 2.24) is 4.57 Å². The van der Waals surface area contributed by atoms with E-state index in [2.05, 4.69) is 0 Å². The Morgan fingerprint density at radius 1 is 1.08 bits per heavy atom. The van der Waals surface area contributed by atoms with Gasteiger partial charge in [-0.1, -0.05) is 6.07 Å². The van der Waals surface area contributed by atoms with Gasteiger partial charge >= 0.3 is 5.97 Å². The fourth-order valence-corrected chi connectivity index (χ4v) is 2.48. The van der Waals surface area contributed by atoms with Gasteiger partial charge in [-0.25, -0.2) is 0 Å². The van der Waals surface area contributed by atoms with E-state index in [9.17, 15) is 14.4 Å². The smallest absolute Gasteiger partial charge is 0.313 e. The Hall–Kier alpha value is -2.67. The molecule has 140 valence electrons. The van der Waals surface area contributed by atoms with Crippen LogP contribution in [0.5, 0.6) is 5.75 Å². The molecule has 2 aromatic rings. The molecule has 0 aliphatic rings. The molecular formula is C19H23NO6. The van der Waals surface area contributed by atoms with Crippen LogP contribution in [0.3, 0.4) is 0 Å². The lowest BCUT2D eigenvalue weighted by atomic mass is 10.1. The highest BCUT2D eigenvalue weighted by atomic mass is 16.5. The summed E-state index contributed by atoms with van der Waals surface area (Å²) in [6.07, 6.45) is 1.35. The topological polar surface area (TPSA) is 83.8 Å². The van der Waals surface area contributed by atoms with E-state index in [-0.39, 0.29) is 31.0 Å². The fraction of sp³-hybridized carbons (Fsp3) is 0.421. The van der Waals surface area contributed by atoms with Crippen molar-refractivity contribution in [2.24, 2.45) is 0 Å². The van der Waals surface area contributed by atoms with Gasteiger partial charge in [-0.15, -0.1) is 0 Å². The first-order chi connectivity index (χ1) is 12.6. The van der Waals surface area contributed by atoms with E-state index < -0.39 is 5.97 Å². The quantitative estimate of drug-likeness (QED) is 0.365. The van der Waals surface area contributed by atoms with Crippen molar-refractivity contribution in [3.05, 3.63) is 40.8 Å². The number of esters is 1. The Labute approximate surface area is 151 Å². The second-order valence-corrected chi connectivity index (χ2v) is 5.54. The highest BCUT2D eigenvalue weighted by Gasteiger charge is 2.13. The molecule has 7 heteroatoms. The third kappa shape index (κ3) is 5.16. The second kappa shape index (κ2) is 9.72. The molecule has 0 fully saturated rings. The van der Waals surface area contributed by atoms with Crippen LogP contribution in [0.25, 0.3) is 10.8 Å². The van der Waals surface area contributed by atoms with Gasteiger partial charge in [-0.05, 0) is 32.0 Å². The molecule has 26 heavy (non-hydrogen) atoms. The van der Waals surface area contributed by atoms with Crippen LogP contribution >= 0.6 is 0 Å². The van der Waals surface area contributed by atoms with E-state index in [0.717, 1.165) is 0 Å². The molecule has 0 amide bonds. The highest BCUT2D eigenvalue weighted by molar-refractivity contribution is 5.96. The average Bonchev–Trinajstić information content (AvgIpc) is 2.62. The lowest BCUT2D eigenvalue weighted by Crippen LogP contribution is -2.22. The number of fused-ring (bicyclic) bond motifs is 1. The molecule has 0 spiro atoms. The number of carbonyl (C=O) groups is 2. The third-order valence-electron chi connectivity index (χ3n) is 3.69. The van der Waals surface area contributed by atoms with Gasteiger partial charge in [0.1, 0.15) is 18.8 Å². The average molecular weight is 361 g/mol. The zero-order valence-corrected chi connectivity index (χ0v) is 15.0. The maximum atomic E-state index is 12.6. The minimum atomic E-state index is -0.573. The number of ether oxygens (including phenoxy) is 3. The molecule has 0 aliphatic carbocycles.